The number of aliphatic hydroxyl groups is 1. The Bertz CT molecular complexity index is 297. The first-order valence-electron chi connectivity index (χ1n) is 5.98. The second-order valence-electron chi connectivity index (χ2n) is 5.53. The van der Waals surface area contributed by atoms with Gasteiger partial charge in [-0.25, -0.2) is 0 Å². The predicted octanol–water partition coefficient (Wildman–Crippen LogP) is 0.933. The molecule has 1 N–H and O–H groups in total. The number of likely N-dealkylation sites (tertiary alicyclic amines) is 1. The van der Waals surface area contributed by atoms with Crippen molar-refractivity contribution in [1.29, 1.82) is 0 Å². The lowest BCUT2D eigenvalue weighted by Crippen LogP contribution is -2.36. The third-order valence-electron chi connectivity index (χ3n) is 3.63. The summed E-state index contributed by atoms with van der Waals surface area (Å²) in [6.45, 7) is 3.74. The molecule has 2 unspecified atom stereocenters. The molecule has 1 saturated carbocycles. The molecule has 0 aromatic rings. The van der Waals surface area contributed by atoms with Gasteiger partial charge in [0.05, 0.1) is 17.4 Å². The van der Waals surface area contributed by atoms with Gasteiger partial charge in [0.25, 0.3) is 0 Å². The highest BCUT2D eigenvalue weighted by Gasteiger charge is 2.49. The standard InChI is InChI=1S/C12H19NO3/c1-12(2,16)6-7-13-10(14)8-4-3-5-9(8)11(13)15/h8-9,16H,3-7H2,1-2H3. The van der Waals surface area contributed by atoms with Crippen LogP contribution in [0.4, 0.5) is 0 Å². The van der Waals surface area contributed by atoms with E-state index in [2.05, 4.69) is 0 Å². The number of amides is 2. The van der Waals surface area contributed by atoms with E-state index in [1.165, 1.54) is 4.90 Å². The van der Waals surface area contributed by atoms with Gasteiger partial charge >= 0.3 is 0 Å². The Kier molecular flexibility index (Phi) is 2.78. The van der Waals surface area contributed by atoms with E-state index in [0.717, 1.165) is 19.3 Å². The number of hydrogen-bond donors (Lipinski definition) is 1. The van der Waals surface area contributed by atoms with Crippen LogP contribution in [-0.4, -0.2) is 34.0 Å². The summed E-state index contributed by atoms with van der Waals surface area (Å²) >= 11 is 0. The topological polar surface area (TPSA) is 57.6 Å². The van der Waals surface area contributed by atoms with Gasteiger partial charge in [0.2, 0.25) is 11.8 Å². The minimum absolute atomic E-state index is 0.0169. The normalized spacial score (nSPS) is 30.1. The van der Waals surface area contributed by atoms with Crippen molar-refractivity contribution in [1.82, 2.24) is 4.90 Å². The van der Waals surface area contributed by atoms with Crippen LogP contribution in [0.2, 0.25) is 0 Å². The molecule has 2 fully saturated rings. The van der Waals surface area contributed by atoms with Crippen LogP contribution in [0.3, 0.4) is 0 Å². The zero-order valence-corrected chi connectivity index (χ0v) is 9.90. The fraction of sp³-hybridized carbons (Fsp3) is 0.833. The summed E-state index contributed by atoms with van der Waals surface area (Å²) in [5, 5.41) is 9.60. The van der Waals surface area contributed by atoms with Gasteiger partial charge in [-0.1, -0.05) is 6.42 Å². The molecule has 2 atom stereocenters. The molecule has 0 bridgehead atoms. The highest BCUT2D eigenvalue weighted by Crippen LogP contribution is 2.39. The van der Waals surface area contributed by atoms with Crippen molar-refractivity contribution in [3.05, 3.63) is 0 Å². The van der Waals surface area contributed by atoms with Crippen LogP contribution < -0.4 is 0 Å². The van der Waals surface area contributed by atoms with Gasteiger partial charge in [-0.3, -0.25) is 14.5 Å². The molecule has 0 aromatic heterocycles. The highest BCUT2D eigenvalue weighted by atomic mass is 16.3. The van der Waals surface area contributed by atoms with Crippen LogP contribution in [0.25, 0.3) is 0 Å². The molecule has 16 heavy (non-hydrogen) atoms. The van der Waals surface area contributed by atoms with Crippen molar-refractivity contribution in [2.75, 3.05) is 6.54 Å². The van der Waals surface area contributed by atoms with E-state index in [0.29, 0.717) is 13.0 Å². The Morgan fingerprint density at radius 3 is 2.19 bits per heavy atom. The first-order chi connectivity index (χ1) is 7.40. The molecule has 2 rings (SSSR count). The van der Waals surface area contributed by atoms with Crippen molar-refractivity contribution >= 4 is 11.8 Å². The van der Waals surface area contributed by atoms with E-state index in [1.807, 2.05) is 0 Å². The molecule has 1 aliphatic heterocycles. The zero-order valence-electron chi connectivity index (χ0n) is 9.90. The number of fused-ring (bicyclic) bond motifs is 1. The Morgan fingerprint density at radius 1 is 1.25 bits per heavy atom. The van der Waals surface area contributed by atoms with Crippen molar-refractivity contribution < 1.29 is 14.7 Å². The van der Waals surface area contributed by atoms with Gasteiger partial charge in [-0.05, 0) is 33.1 Å². The minimum Gasteiger partial charge on any atom is -0.390 e. The van der Waals surface area contributed by atoms with Crippen LogP contribution in [0.15, 0.2) is 0 Å². The number of hydrogen-bond acceptors (Lipinski definition) is 3. The minimum atomic E-state index is -0.821. The van der Waals surface area contributed by atoms with E-state index in [4.69, 9.17) is 0 Å². The van der Waals surface area contributed by atoms with Crippen molar-refractivity contribution in [2.45, 2.75) is 45.1 Å². The van der Waals surface area contributed by atoms with E-state index in [-0.39, 0.29) is 23.7 Å². The summed E-state index contributed by atoms with van der Waals surface area (Å²) in [4.78, 5) is 25.2. The second kappa shape index (κ2) is 3.84. The molecule has 2 aliphatic rings. The van der Waals surface area contributed by atoms with E-state index < -0.39 is 5.60 Å². The number of nitrogens with zero attached hydrogens (tertiary/aromatic N) is 1. The van der Waals surface area contributed by atoms with Gasteiger partial charge in [0.1, 0.15) is 0 Å². The van der Waals surface area contributed by atoms with Crippen molar-refractivity contribution in [3.8, 4) is 0 Å². The Morgan fingerprint density at radius 2 is 1.75 bits per heavy atom. The number of carbonyl (C=O) groups is 2. The summed E-state index contributed by atoms with van der Waals surface area (Å²) < 4.78 is 0. The summed E-state index contributed by atoms with van der Waals surface area (Å²) in [6.07, 6.45) is 3.15. The van der Waals surface area contributed by atoms with E-state index in [1.54, 1.807) is 13.8 Å². The Balaban J connectivity index is 2.01. The van der Waals surface area contributed by atoms with Gasteiger partial charge < -0.3 is 5.11 Å². The van der Waals surface area contributed by atoms with Gasteiger partial charge in [-0.15, -0.1) is 0 Å². The molecule has 90 valence electrons. The Hall–Kier alpha value is -0.900. The van der Waals surface area contributed by atoms with Crippen molar-refractivity contribution in [2.24, 2.45) is 11.8 Å². The molecule has 0 spiro atoms. The SMILES string of the molecule is CC(C)(O)CCN1C(=O)C2CCCC2C1=O. The second-order valence-corrected chi connectivity index (χ2v) is 5.53. The summed E-state index contributed by atoms with van der Waals surface area (Å²) in [5.41, 5.74) is -0.821. The maximum atomic E-state index is 11.9. The van der Waals surface area contributed by atoms with Gasteiger partial charge in [0.15, 0.2) is 0 Å². The molecular weight excluding hydrogens is 206 g/mol. The van der Waals surface area contributed by atoms with Crippen molar-refractivity contribution in [3.63, 3.8) is 0 Å². The average molecular weight is 225 g/mol. The fourth-order valence-electron chi connectivity index (χ4n) is 2.67. The summed E-state index contributed by atoms with van der Waals surface area (Å²) in [6, 6.07) is 0. The zero-order chi connectivity index (χ0) is 11.9. The average Bonchev–Trinajstić information content (AvgIpc) is 2.69. The third kappa shape index (κ3) is 1.98. The van der Waals surface area contributed by atoms with Crippen LogP contribution in [0, 0.1) is 11.8 Å². The first-order valence-corrected chi connectivity index (χ1v) is 5.98. The summed E-state index contributed by atoms with van der Waals surface area (Å²) in [5.74, 6) is -0.155. The number of rotatable bonds is 3. The molecule has 4 heteroatoms. The molecule has 1 aliphatic carbocycles. The lowest BCUT2D eigenvalue weighted by atomic mass is 10.00. The summed E-state index contributed by atoms with van der Waals surface area (Å²) in [7, 11) is 0. The molecule has 4 nitrogen and oxygen atoms in total. The largest absolute Gasteiger partial charge is 0.390 e. The first kappa shape index (κ1) is 11.6. The van der Waals surface area contributed by atoms with Gasteiger partial charge in [-0.2, -0.15) is 0 Å². The quantitative estimate of drug-likeness (QED) is 0.727. The van der Waals surface area contributed by atoms with Gasteiger partial charge in [0, 0.05) is 6.54 Å². The van der Waals surface area contributed by atoms with Crippen LogP contribution in [0.5, 0.6) is 0 Å². The van der Waals surface area contributed by atoms with Crippen LogP contribution >= 0.6 is 0 Å². The monoisotopic (exact) mass is 225 g/mol. The fourth-order valence-corrected chi connectivity index (χ4v) is 2.67. The maximum absolute atomic E-state index is 11.9. The highest BCUT2D eigenvalue weighted by molar-refractivity contribution is 6.05. The molecule has 1 heterocycles. The third-order valence-corrected chi connectivity index (χ3v) is 3.63. The predicted molar refractivity (Wildman–Crippen MR) is 58.5 cm³/mol. The lowest BCUT2D eigenvalue weighted by molar-refractivity contribution is -0.140. The lowest BCUT2D eigenvalue weighted by Gasteiger charge is -2.22. The van der Waals surface area contributed by atoms with E-state index >= 15 is 0 Å². The Labute approximate surface area is 95.6 Å². The van der Waals surface area contributed by atoms with Crippen LogP contribution in [-0.2, 0) is 9.59 Å². The molecule has 0 aromatic carbocycles. The van der Waals surface area contributed by atoms with Crippen LogP contribution in [0.1, 0.15) is 39.5 Å². The maximum Gasteiger partial charge on any atom is 0.233 e. The molecule has 1 saturated heterocycles. The number of imide groups is 1. The van der Waals surface area contributed by atoms with E-state index in [9.17, 15) is 14.7 Å². The smallest absolute Gasteiger partial charge is 0.233 e. The molecular formula is C12H19NO3. The molecule has 2 amide bonds. The molecule has 0 radical (unpaired) electrons. The number of carbonyl (C=O) groups excluding carboxylic acids is 2.